The van der Waals surface area contributed by atoms with Crippen molar-refractivity contribution in [2.75, 3.05) is 6.54 Å². The summed E-state index contributed by atoms with van der Waals surface area (Å²) in [5.74, 6) is 1.17. The Morgan fingerprint density at radius 2 is 2.05 bits per heavy atom. The summed E-state index contributed by atoms with van der Waals surface area (Å²) >= 11 is 6.96. The van der Waals surface area contributed by atoms with Crippen molar-refractivity contribution in [2.24, 2.45) is 0 Å². The minimum Gasteiger partial charge on any atom is -0.419 e. The topological polar surface area (TPSA) is 51.0 Å². The van der Waals surface area contributed by atoms with Gasteiger partial charge in [0.2, 0.25) is 11.8 Å². The maximum atomic E-state index is 5.82. The summed E-state index contributed by atoms with van der Waals surface area (Å²) in [4.78, 5) is 0. The first-order valence-electron chi connectivity index (χ1n) is 6.67. The summed E-state index contributed by atoms with van der Waals surface area (Å²) in [6.07, 6.45) is 2.00. The van der Waals surface area contributed by atoms with E-state index >= 15 is 0 Å². The number of rotatable bonds is 6. The molecule has 0 bridgehead atoms. The number of nitrogens with one attached hydrogen (secondary N) is 1. The molecule has 2 aromatic rings. The molecule has 1 atom stereocenters. The van der Waals surface area contributed by atoms with Gasteiger partial charge in [-0.2, -0.15) is 0 Å². The summed E-state index contributed by atoms with van der Waals surface area (Å²) < 4.78 is 7.73. The highest BCUT2D eigenvalue weighted by molar-refractivity contribution is 9.11. The zero-order valence-corrected chi connectivity index (χ0v) is 14.7. The van der Waals surface area contributed by atoms with Crippen LogP contribution in [0, 0.1) is 0 Å². The third-order valence-corrected chi connectivity index (χ3v) is 4.13. The number of hydrogen-bond acceptors (Lipinski definition) is 4. The van der Waals surface area contributed by atoms with Gasteiger partial charge in [0.1, 0.15) is 0 Å². The Kier molecular flexibility index (Phi) is 5.74. The first-order chi connectivity index (χ1) is 9.65. The Morgan fingerprint density at radius 3 is 2.75 bits per heavy atom. The fraction of sp³-hybridized carbons (Fsp3) is 0.429. The van der Waals surface area contributed by atoms with Gasteiger partial charge in [0, 0.05) is 8.95 Å². The summed E-state index contributed by atoms with van der Waals surface area (Å²) in [6, 6.07) is 5.99. The normalized spacial score (nSPS) is 12.6. The van der Waals surface area contributed by atoms with Crippen molar-refractivity contribution >= 4 is 31.9 Å². The lowest BCUT2D eigenvalue weighted by atomic mass is 10.2. The summed E-state index contributed by atoms with van der Waals surface area (Å²) in [5.41, 5.74) is 0.892. The van der Waals surface area contributed by atoms with E-state index in [2.05, 4.69) is 61.2 Å². The quantitative estimate of drug-likeness (QED) is 0.759. The average molecular weight is 403 g/mol. The molecule has 1 aromatic heterocycles. The number of hydrogen-bond donors (Lipinski definition) is 1. The maximum Gasteiger partial charge on any atom is 0.249 e. The lowest BCUT2D eigenvalue weighted by Gasteiger charge is -2.11. The molecule has 1 aromatic carbocycles. The van der Waals surface area contributed by atoms with Crippen LogP contribution in [0.15, 0.2) is 31.6 Å². The molecule has 0 aliphatic heterocycles. The van der Waals surface area contributed by atoms with Crippen LogP contribution in [0.2, 0.25) is 0 Å². The van der Waals surface area contributed by atoms with Crippen molar-refractivity contribution in [3.05, 3.63) is 33.0 Å². The number of aromatic nitrogens is 2. The number of halogens is 2. The molecule has 0 spiro atoms. The van der Waals surface area contributed by atoms with E-state index in [1.165, 1.54) is 0 Å². The van der Waals surface area contributed by atoms with Gasteiger partial charge in [-0.15, -0.1) is 10.2 Å². The van der Waals surface area contributed by atoms with E-state index in [0.29, 0.717) is 11.8 Å². The third kappa shape index (κ3) is 3.68. The Bertz CT molecular complexity index is 571. The van der Waals surface area contributed by atoms with Crippen LogP contribution in [0.25, 0.3) is 11.5 Å². The second-order valence-electron chi connectivity index (χ2n) is 4.48. The van der Waals surface area contributed by atoms with Crippen molar-refractivity contribution in [3.63, 3.8) is 0 Å². The molecule has 108 valence electrons. The van der Waals surface area contributed by atoms with Crippen LogP contribution in [0.1, 0.15) is 38.6 Å². The van der Waals surface area contributed by atoms with E-state index in [9.17, 15) is 0 Å². The number of nitrogens with zero attached hydrogens (tertiary/aromatic N) is 2. The Labute approximate surface area is 135 Å². The molecule has 0 radical (unpaired) electrons. The largest absolute Gasteiger partial charge is 0.419 e. The van der Waals surface area contributed by atoms with Gasteiger partial charge in [-0.25, -0.2) is 0 Å². The predicted octanol–water partition coefficient (Wildman–Crippen LogP) is 4.71. The molecule has 4 nitrogen and oxygen atoms in total. The van der Waals surface area contributed by atoms with Crippen molar-refractivity contribution in [1.82, 2.24) is 15.5 Å². The van der Waals surface area contributed by atoms with E-state index in [0.717, 1.165) is 33.9 Å². The van der Waals surface area contributed by atoms with Crippen molar-refractivity contribution in [1.29, 1.82) is 0 Å². The van der Waals surface area contributed by atoms with Crippen molar-refractivity contribution in [3.8, 4) is 11.5 Å². The van der Waals surface area contributed by atoms with E-state index in [4.69, 9.17) is 4.42 Å². The first kappa shape index (κ1) is 15.7. The summed E-state index contributed by atoms with van der Waals surface area (Å²) in [7, 11) is 0. The Morgan fingerprint density at radius 1 is 1.25 bits per heavy atom. The van der Waals surface area contributed by atoms with Gasteiger partial charge in [-0.05, 0) is 53.5 Å². The van der Waals surface area contributed by atoms with Crippen molar-refractivity contribution in [2.45, 2.75) is 32.7 Å². The summed E-state index contributed by atoms with van der Waals surface area (Å²) in [5, 5.41) is 11.7. The molecule has 0 aliphatic carbocycles. The van der Waals surface area contributed by atoms with E-state index in [-0.39, 0.29) is 6.04 Å². The second-order valence-corrected chi connectivity index (χ2v) is 6.25. The molecule has 1 unspecified atom stereocenters. The minimum absolute atomic E-state index is 0.113. The van der Waals surface area contributed by atoms with E-state index in [1.807, 2.05) is 18.2 Å². The van der Waals surface area contributed by atoms with Crippen LogP contribution < -0.4 is 5.32 Å². The van der Waals surface area contributed by atoms with Crippen LogP contribution in [0.3, 0.4) is 0 Å². The lowest BCUT2D eigenvalue weighted by molar-refractivity contribution is 0.396. The molecular formula is C14H17Br2N3O. The summed E-state index contributed by atoms with van der Waals surface area (Å²) in [6.45, 7) is 5.18. The van der Waals surface area contributed by atoms with Gasteiger partial charge in [-0.1, -0.05) is 29.8 Å². The smallest absolute Gasteiger partial charge is 0.249 e. The highest BCUT2D eigenvalue weighted by Gasteiger charge is 2.18. The third-order valence-electron chi connectivity index (χ3n) is 2.95. The second kappa shape index (κ2) is 7.33. The zero-order valence-electron chi connectivity index (χ0n) is 11.5. The molecule has 0 aliphatic rings. The van der Waals surface area contributed by atoms with Crippen LogP contribution in [-0.2, 0) is 0 Å². The van der Waals surface area contributed by atoms with Gasteiger partial charge in [0.25, 0.3) is 0 Å². The molecule has 6 heteroatoms. The Hall–Kier alpha value is -0.720. The van der Waals surface area contributed by atoms with Crippen LogP contribution in [0.5, 0.6) is 0 Å². The fourth-order valence-electron chi connectivity index (χ4n) is 1.87. The molecule has 1 heterocycles. The van der Waals surface area contributed by atoms with E-state index in [1.54, 1.807) is 0 Å². The van der Waals surface area contributed by atoms with Crippen LogP contribution >= 0.6 is 31.9 Å². The lowest BCUT2D eigenvalue weighted by Crippen LogP contribution is -2.21. The maximum absolute atomic E-state index is 5.82. The molecular weight excluding hydrogens is 386 g/mol. The molecule has 0 amide bonds. The SMILES string of the molecule is CCCNC(CC)c1nnc(-c2cc(Br)ccc2Br)o1. The molecule has 0 fully saturated rings. The first-order valence-corrected chi connectivity index (χ1v) is 8.26. The molecule has 1 N–H and O–H groups in total. The van der Waals surface area contributed by atoms with Crippen molar-refractivity contribution < 1.29 is 4.42 Å². The molecule has 0 saturated carbocycles. The molecule has 0 saturated heterocycles. The van der Waals surface area contributed by atoms with Gasteiger partial charge >= 0.3 is 0 Å². The highest BCUT2D eigenvalue weighted by Crippen LogP contribution is 2.31. The average Bonchev–Trinajstić information content (AvgIpc) is 2.92. The van der Waals surface area contributed by atoms with Gasteiger partial charge in [-0.3, -0.25) is 0 Å². The minimum atomic E-state index is 0.113. The fourth-order valence-corrected chi connectivity index (χ4v) is 2.65. The zero-order chi connectivity index (χ0) is 14.5. The Balaban J connectivity index is 2.25. The van der Waals surface area contributed by atoms with E-state index < -0.39 is 0 Å². The monoisotopic (exact) mass is 401 g/mol. The van der Waals surface area contributed by atoms with Gasteiger partial charge in [0.05, 0.1) is 11.6 Å². The predicted molar refractivity (Wildman–Crippen MR) is 86.5 cm³/mol. The van der Waals surface area contributed by atoms with Crippen LogP contribution in [0.4, 0.5) is 0 Å². The van der Waals surface area contributed by atoms with Gasteiger partial charge in [0.15, 0.2) is 0 Å². The van der Waals surface area contributed by atoms with Gasteiger partial charge < -0.3 is 9.73 Å². The highest BCUT2D eigenvalue weighted by atomic mass is 79.9. The van der Waals surface area contributed by atoms with Crippen LogP contribution in [-0.4, -0.2) is 16.7 Å². The standard InChI is InChI=1S/C14H17Br2N3O/c1-3-7-17-12(4-2)14-19-18-13(20-14)10-8-9(15)5-6-11(10)16/h5-6,8,12,17H,3-4,7H2,1-2H3. The molecule has 20 heavy (non-hydrogen) atoms. The molecule has 2 rings (SSSR count). The number of benzene rings is 1.